The summed E-state index contributed by atoms with van der Waals surface area (Å²) in [5, 5.41) is 9.57. The molecule has 3 unspecified atom stereocenters. The number of hydrogen-bond donors (Lipinski definition) is 1. The lowest BCUT2D eigenvalue weighted by Crippen LogP contribution is -2.47. The van der Waals surface area contributed by atoms with E-state index in [2.05, 4.69) is 25.8 Å². The Kier molecular flexibility index (Phi) is 3.53. The van der Waals surface area contributed by atoms with Gasteiger partial charge < -0.3 is 10.0 Å². The second-order valence-electron chi connectivity index (χ2n) is 4.08. The molecule has 1 saturated heterocycles. The number of hydrogen-bond acceptors (Lipinski definition) is 2. The standard InChI is InChI=1S/C10H21NO/c1-4-5-9-7-10(12)6-8(2)11(9)3/h8-10,12H,4-7H2,1-3H3. The van der Waals surface area contributed by atoms with Crippen molar-refractivity contribution in [3.8, 4) is 0 Å². The Bertz CT molecular complexity index is 138. The minimum Gasteiger partial charge on any atom is -0.393 e. The molecule has 1 aliphatic heterocycles. The number of aliphatic hydroxyl groups excluding tert-OH is 1. The molecule has 1 rings (SSSR count). The summed E-state index contributed by atoms with van der Waals surface area (Å²) in [6, 6.07) is 1.15. The minimum absolute atomic E-state index is 0.0623. The van der Waals surface area contributed by atoms with Gasteiger partial charge in [-0.3, -0.25) is 0 Å². The van der Waals surface area contributed by atoms with Gasteiger partial charge in [-0.2, -0.15) is 0 Å². The Morgan fingerprint density at radius 2 is 2.08 bits per heavy atom. The van der Waals surface area contributed by atoms with Crippen LogP contribution in [0.1, 0.15) is 39.5 Å². The maximum Gasteiger partial charge on any atom is 0.0570 e. The van der Waals surface area contributed by atoms with Crippen molar-refractivity contribution in [1.82, 2.24) is 4.90 Å². The maximum atomic E-state index is 9.57. The fraction of sp³-hybridized carbons (Fsp3) is 1.00. The molecular formula is C10H21NO. The highest BCUT2D eigenvalue weighted by atomic mass is 16.3. The molecule has 12 heavy (non-hydrogen) atoms. The van der Waals surface area contributed by atoms with Gasteiger partial charge in [-0.05, 0) is 33.2 Å². The fourth-order valence-corrected chi connectivity index (χ4v) is 2.15. The predicted octanol–water partition coefficient (Wildman–Crippen LogP) is 1.63. The Morgan fingerprint density at radius 3 is 2.67 bits per heavy atom. The van der Waals surface area contributed by atoms with Crippen LogP contribution in [-0.2, 0) is 0 Å². The molecule has 1 heterocycles. The van der Waals surface area contributed by atoms with Crippen LogP contribution in [0, 0.1) is 0 Å². The van der Waals surface area contributed by atoms with Crippen LogP contribution < -0.4 is 0 Å². The predicted molar refractivity (Wildman–Crippen MR) is 51.2 cm³/mol. The van der Waals surface area contributed by atoms with Crippen LogP contribution in [0.25, 0.3) is 0 Å². The first kappa shape index (κ1) is 10.0. The van der Waals surface area contributed by atoms with E-state index in [1.807, 2.05) is 0 Å². The van der Waals surface area contributed by atoms with Gasteiger partial charge in [0.1, 0.15) is 0 Å². The lowest BCUT2D eigenvalue weighted by atomic mass is 9.92. The van der Waals surface area contributed by atoms with Crippen molar-refractivity contribution in [3.05, 3.63) is 0 Å². The van der Waals surface area contributed by atoms with E-state index in [4.69, 9.17) is 0 Å². The van der Waals surface area contributed by atoms with E-state index < -0.39 is 0 Å². The monoisotopic (exact) mass is 171 g/mol. The summed E-state index contributed by atoms with van der Waals surface area (Å²) in [5.74, 6) is 0. The first-order valence-corrected chi connectivity index (χ1v) is 5.05. The second kappa shape index (κ2) is 4.24. The van der Waals surface area contributed by atoms with E-state index in [1.165, 1.54) is 12.8 Å². The molecule has 0 spiro atoms. The number of piperidine rings is 1. The number of aliphatic hydroxyl groups is 1. The molecule has 0 radical (unpaired) electrons. The van der Waals surface area contributed by atoms with Gasteiger partial charge in [0.2, 0.25) is 0 Å². The van der Waals surface area contributed by atoms with Crippen LogP contribution in [0.5, 0.6) is 0 Å². The van der Waals surface area contributed by atoms with Crippen LogP contribution in [0.2, 0.25) is 0 Å². The number of likely N-dealkylation sites (tertiary alicyclic amines) is 1. The highest BCUT2D eigenvalue weighted by Crippen LogP contribution is 2.24. The molecule has 0 aromatic heterocycles. The molecule has 1 aliphatic rings. The molecule has 0 bridgehead atoms. The fourth-order valence-electron chi connectivity index (χ4n) is 2.15. The van der Waals surface area contributed by atoms with E-state index in [0.717, 1.165) is 12.8 Å². The lowest BCUT2D eigenvalue weighted by Gasteiger charge is -2.40. The molecule has 0 saturated carbocycles. The van der Waals surface area contributed by atoms with Crippen molar-refractivity contribution in [3.63, 3.8) is 0 Å². The van der Waals surface area contributed by atoms with E-state index in [1.54, 1.807) is 0 Å². The minimum atomic E-state index is -0.0623. The van der Waals surface area contributed by atoms with E-state index >= 15 is 0 Å². The van der Waals surface area contributed by atoms with Crippen LogP contribution in [0.15, 0.2) is 0 Å². The third-order valence-electron chi connectivity index (χ3n) is 3.05. The molecule has 0 amide bonds. The van der Waals surface area contributed by atoms with Crippen molar-refractivity contribution in [2.24, 2.45) is 0 Å². The average Bonchev–Trinajstić information content (AvgIpc) is 2.00. The summed E-state index contributed by atoms with van der Waals surface area (Å²) in [5.41, 5.74) is 0. The molecule has 3 atom stereocenters. The maximum absolute atomic E-state index is 9.57. The van der Waals surface area contributed by atoms with Gasteiger partial charge in [-0.15, -0.1) is 0 Å². The summed E-state index contributed by atoms with van der Waals surface area (Å²) in [4.78, 5) is 2.41. The quantitative estimate of drug-likeness (QED) is 0.682. The van der Waals surface area contributed by atoms with Crippen molar-refractivity contribution in [2.45, 2.75) is 57.7 Å². The van der Waals surface area contributed by atoms with Crippen LogP contribution in [0.4, 0.5) is 0 Å². The van der Waals surface area contributed by atoms with Gasteiger partial charge >= 0.3 is 0 Å². The molecule has 0 aromatic rings. The lowest BCUT2D eigenvalue weighted by molar-refractivity contribution is 0.0192. The zero-order valence-electron chi connectivity index (χ0n) is 8.45. The van der Waals surface area contributed by atoms with Gasteiger partial charge in [0.25, 0.3) is 0 Å². The molecule has 1 N–H and O–H groups in total. The van der Waals surface area contributed by atoms with Gasteiger partial charge in [-0.1, -0.05) is 13.3 Å². The average molecular weight is 171 g/mol. The van der Waals surface area contributed by atoms with Gasteiger partial charge in [-0.25, -0.2) is 0 Å². The first-order valence-electron chi connectivity index (χ1n) is 5.05. The zero-order valence-corrected chi connectivity index (χ0v) is 8.45. The number of rotatable bonds is 2. The molecule has 0 aliphatic carbocycles. The summed E-state index contributed by atoms with van der Waals surface area (Å²) < 4.78 is 0. The Balaban J connectivity index is 2.47. The van der Waals surface area contributed by atoms with Crippen molar-refractivity contribution >= 4 is 0 Å². The highest BCUT2D eigenvalue weighted by Gasteiger charge is 2.28. The third-order valence-corrected chi connectivity index (χ3v) is 3.05. The SMILES string of the molecule is CCCC1CC(O)CC(C)N1C. The smallest absolute Gasteiger partial charge is 0.0570 e. The Hall–Kier alpha value is -0.0800. The molecule has 2 heteroatoms. The van der Waals surface area contributed by atoms with Crippen LogP contribution >= 0.6 is 0 Å². The normalized spacial score (nSPS) is 38.5. The topological polar surface area (TPSA) is 23.5 Å². The highest BCUT2D eigenvalue weighted by molar-refractivity contribution is 4.84. The second-order valence-corrected chi connectivity index (χ2v) is 4.08. The third kappa shape index (κ3) is 2.20. The first-order chi connectivity index (χ1) is 5.65. The Labute approximate surface area is 75.6 Å². The molecule has 72 valence electrons. The van der Waals surface area contributed by atoms with Gasteiger partial charge in [0.05, 0.1) is 6.10 Å². The van der Waals surface area contributed by atoms with Gasteiger partial charge in [0.15, 0.2) is 0 Å². The molecule has 2 nitrogen and oxygen atoms in total. The largest absolute Gasteiger partial charge is 0.393 e. The van der Waals surface area contributed by atoms with E-state index in [0.29, 0.717) is 12.1 Å². The summed E-state index contributed by atoms with van der Waals surface area (Å²) in [6.07, 6.45) is 4.28. The van der Waals surface area contributed by atoms with Gasteiger partial charge in [0, 0.05) is 12.1 Å². The van der Waals surface area contributed by atoms with Crippen LogP contribution in [0.3, 0.4) is 0 Å². The number of nitrogens with zero attached hydrogens (tertiary/aromatic N) is 1. The van der Waals surface area contributed by atoms with Crippen LogP contribution in [-0.4, -0.2) is 35.2 Å². The molecular weight excluding hydrogens is 150 g/mol. The molecule has 0 aromatic carbocycles. The summed E-state index contributed by atoms with van der Waals surface area (Å²) >= 11 is 0. The van der Waals surface area contributed by atoms with Crippen molar-refractivity contribution in [2.75, 3.05) is 7.05 Å². The van der Waals surface area contributed by atoms with Crippen molar-refractivity contribution < 1.29 is 5.11 Å². The summed E-state index contributed by atoms with van der Waals surface area (Å²) in [6.45, 7) is 4.41. The van der Waals surface area contributed by atoms with E-state index in [9.17, 15) is 5.11 Å². The van der Waals surface area contributed by atoms with E-state index in [-0.39, 0.29) is 6.10 Å². The summed E-state index contributed by atoms with van der Waals surface area (Å²) in [7, 11) is 2.18. The Morgan fingerprint density at radius 1 is 1.42 bits per heavy atom. The zero-order chi connectivity index (χ0) is 9.14. The van der Waals surface area contributed by atoms with Crippen molar-refractivity contribution in [1.29, 1.82) is 0 Å². The molecule has 1 fully saturated rings.